The fourth-order valence-electron chi connectivity index (χ4n) is 7.75. The number of rotatable bonds is 4. The molecule has 2 heterocycles. The molecule has 2 aromatic carbocycles. The zero-order valence-corrected chi connectivity index (χ0v) is 21.5. The summed E-state index contributed by atoms with van der Waals surface area (Å²) in [5.41, 5.74) is 3.54. The number of hydrogen-bond acceptors (Lipinski definition) is 5. The van der Waals surface area contributed by atoms with Crippen LogP contribution in [-0.4, -0.2) is 66.1 Å². The zero-order valence-electron chi connectivity index (χ0n) is 21.5. The first kappa shape index (κ1) is 23.3. The van der Waals surface area contributed by atoms with Crippen molar-refractivity contribution in [2.75, 3.05) is 20.6 Å². The lowest BCUT2D eigenvalue weighted by Gasteiger charge is -2.65. The van der Waals surface area contributed by atoms with Crippen molar-refractivity contribution in [2.24, 2.45) is 0 Å². The van der Waals surface area contributed by atoms with Crippen LogP contribution in [0.15, 0.2) is 48.5 Å². The molecule has 0 aromatic heterocycles. The summed E-state index contributed by atoms with van der Waals surface area (Å²) in [6, 6.07) is 14.4. The molecule has 2 bridgehead atoms. The Hall–Kier alpha value is -3.12. The highest BCUT2D eigenvalue weighted by atomic mass is 16.6. The Morgan fingerprint density at radius 3 is 2.78 bits per heavy atom. The number of benzene rings is 2. The van der Waals surface area contributed by atoms with E-state index < -0.39 is 11.0 Å². The molecule has 5 atom stereocenters. The van der Waals surface area contributed by atoms with E-state index >= 15 is 0 Å². The number of aryl methyl sites for hydroxylation is 1. The van der Waals surface area contributed by atoms with Crippen LogP contribution in [0.1, 0.15) is 48.4 Å². The predicted molar refractivity (Wildman–Crippen MR) is 138 cm³/mol. The number of nitrogens with zero attached hydrogens (tertiary/aromatic N) is 2. The Labute approximate surface area is 212 Å². The van der Waals surface area contributed by atoms with Gasteiger partial charge in [0.25, 0.3) is 0 Å². The van der Waals surface area contributed by atoms with Crippen molar-refractivity contribution in [1.29, 1.82) is 0 Å². The molecule has 4 aliphatic rings. The van der Waals surface area contributed by atoms with Gasteiger partial charge in [-0.05, 0) is 69.5 Å². The molecule has 36 heavy (non-hydrogen) atoms. The summed E-state index contributed by atoms with van der Waals surface area (Å²) in [4.78, 5) is 30.1. The summed E-state index contributed by atoms with van der Waals surface area (Å²) >= 11 is 0. The lowest BCUT2D eigenvalue weighted by Crippen LogP contribution is -2.78. The van der Waals surface area contributed by atoms with Gasteiger partial charge in [-0.2, -0.15) is 0 Å². The molecule has 2 aromatic rings. The Bertz CT molecular complexity index is 1270. The first-order valence-corrected chi connectivity index (χ1v) is 13.0. The summed E-state index contributed by atoms with van der Waals surface area (Å²) in [6.07, 6.45) is 6.37. The number of carbonyl (C=O) groups is 2. The minimum Gasteiger partial charge on any atom is -0.487 e. The van der Waals surface area contributed by atoms with E-state index in [-0.39, 0.29) is 30.1 Å². The minimum atomic E-state index is -0.659. The van der Waals surface area contributed by atoms with Crippen LogP contribution in [0.25, 0.3) is 6.08 Å². The Kier molecular flexibility index (Phi) is 5.31. The van der Waals surface area contributed by atoms with Crippen LogP contribution < -0.4 is 4.74 Å². The van der Waals surface area contributed by atoms with Gasteiger partial charge >= 0.3 is 5.97 Å². The number of ether oxygens (including phenoxy) is 2. The van der Waals surface area contributed by atoms with E-state index in [9.17, 15) is 9.59 Å². The molecule has 6 heteroatoms. The third-order valence-electron chi connectivity index (χ3n) is 9.19. The molecule has 6 rings (SSSR count). The standard InChI is InChI=1S/C30H34N2O4/c1-19-7-5-8-21(17-19)11-12-26(34)32(4)23-13-14-30(36-20(2)33)25-18-22-9-6-10-24-27(22)29(30,28(23)35-24)15-16-31(25)3/h5-12,17,23,25,28H,13-16,18H2,1-4H3/t23-,25+,28-,29-,30+/m0/s1. The molecule has 1 amide bonds. The normalized spacial score (nSPS) is 32.1. The quantitative estimate of drug-likeness (QED) is 0.485. The van der Waals surface area contributed by atoms with E-state index in [1.807, 2.05) is 49.2 Å². The summed E-state index contributed by atoms with van der Waals surface area (Å²) in [5.74, 6) is 0.600. The molecule has 0 unspecified atom stereocenters. The van der Waals surface area contributed by atoms with Crippen molar-refractivity contribution in [2.45, 2.75) is 68.7 Å². The van der Waals surface area contributed by atoms with Crippen molar-refractivity contribution in [3.63, 3.8) is 0 Å². The molecule has 0 radical (unpaired) electrons. The topological polar surface area (TPSA) is 59.1 Å². The van der Waals surface area contributed by atoms with Crippen molar-refractivity contribution in [3.05, 3.63) is 70.8 Å². The minimum absolute atomic E-state index is 0.0436. The summed E-state index contributed by atoms with van der Waals surface area (Å²) in [7, 11) is 4.02. The maximum Gasteiger partial charge on any atom is 0.303 e. The third-order valence-corrected chi connectivity index (χ3v) is 9.19. The molecular formula is C30H34N2O4. The highest BCUT2D eigenvalue weighted by Crippen LogP contribution is 2.65. The van der Waals surface area contributed by atoms with Crippen LogP contribution in [0.2, 0.25) is 0 Å². The van der Waals surface area contributed by atoms with Crippen molar-refractivity contribution in [3.8, 4) is 5.75 Å². The second kappa shape index (κ2) is 8.20. The molecule has 1 saturated heterocycles. The van der Waals surface area contributed by atoms with Crippen LogP contribution in [0.4, 0.5) is 0 Å². The third kappa shape index (κ3) is 3.13. The van der Waals surface area contributed by atoms with E-state index in [4.69, 9.17) is 9.47 Å². The van der Waals surface area contributed by atoms with Gasteiger partial charge in [0.05, 0.1) is 17.5 Å². The highest BCUT2D eigenvalue weighted by Gasteiger charge is 2.75. The SMILES string of the molecule is CC(=O)O[C@@]12CC[C@H](N(C)C(=O)C=Cc3cccc(C)c3)[C@@H]3Oc4cccc5c4[C@@]31CCN(C)[C@@H]2C5. The molecular weight excluding hydrogens is 452 g/mol. The molecule has 1 saturated carbocycles. The van der Waals surface area contributed by atoms with Crippen molar-refractivity contribution < 1.29 is 19.1 Å². The Morgan fingerprint density at radius 1 is 1.19 bits per heavy atom. The Balaban J connectivity index is 1.40. The van der Waals surface area contributed by atoms with E-state index in [0.29, 0.717) is 12.8 Å². The maximum absolute atomic E-state index is 13.4. The molecule has 2 fully saturated rings. The van der Waals surface area contributed by atoms with Gasteiger partial charge in [-0.25, -0.2) is 0 Å². The number of likely N-dealkylation sites (N-methyl/N-ethyl adjacent to an activating group) is 2. The number of esters is 1. The zero-order chi connectivity index (χ0) is 25.2. The first-order chi connectivity index (χ1) is 17.3. The summed E-state index contributed by atoms with van der Waals surface area (Å²) in [5, 5.41) is 0. The van der Waals surface area contributed by atoms with Gasteiger partial charge in [0, 0.05) is 25.6 Å². The summed E-state index contributed by atoms with van der Waals surface area (Å²) < 4.78 is 13.2. The number of hydrogen-bond donors (Lipinski definition) is 0. The fraction of sp³-hybridized carbons (Fsp3) is 0.467. The number of piperidine rings is 1. The average Bonchev–Trinajstić information content (AvgIpc) is 3.19. The summed E-state index contributed by atoms with van der Waals surface area (Å²) in [6.45, 7) is 4.47. The molecule has 188 valence electrons. The van der Waals surface area contributed by atoms with Gasteiger partial charge in [-0.1, -0.05) is 42.0 Å². The smallest absolute Gasteiger partial charge is 0.303 e. The van der Waals surface area contributed by atoms with Crippen LogP contribution in [0, 0.1) is 6.92 Å². The molecule has 2 aliphatic heterocycles. The van der Waals surface area contributed by atoms with Gasteiger partial charge in [0.15, 0.2) is 0 Å². The largest absolute Gasteiger partial charge is 0.487 e. The fourth-order valence-corrected chi connectivity index (χ4v) is 7.75. The number of amides is 1. The van der Waals surface area contributed by atoms with Gasteiger partial charge in [0.2, 0.25) is 5.91 Å². The van der Waals surface area contributed by atoms with Crippen LogP contribution >= 0.6 is 0 Å². The maximum atomic E-state index is 13.4. The number of carbonyl (C=O) groups excluding carboxylic acids is 2. The highest BCUT2D eigenvalue weighted by molar-refractivity contribution is 5.92. The van der Waals surface area contributed by atoms with Crippen molar-refractivity contribution in [1.82, 2.24) is 9.80 Å². The lowest BCUT2D eigenvalue weighted by molar-refractivity contribution is -0.220. The monoisotopic (exact) mass is 486 g/mol. The molecule has 0 N–H and O–H groups in total. The van der Waals surface area contributed by atoms with Crippen LogP contribution in [0.3, 0.4) is 0 Å². The molecule has 6 nitrogen and oxygen atoms in total. The van der Waals surface area contributed by atoms with E-state index in [0.717, 1.165) is 36.3 Å². The second-order valence-electron chi connectivity index (χ2n) is 11.0. The number of likely N-dealkylation sites (tertiary alicyclic amines) is 1. The predicted octanol–water partition coefficient (Wildman–Crippen LogP) is 3.89. The lowest BCUT2D eigenvalue weighted by atomic mass is 9.48. The first-order valence-electron chi connectivity index (χ1n) is 13.0. The van der Waals surface area contributed by atoms with E-state index in [1.54, 1.807) is 6.08 Å². The second-order valence-corrected chi connectivity index (χ2v) is 11.0. The van der Waals surface area contributed by atoms with E-state index in [1.165, 1.54) is 18.1 Å². The van der Waals surface area contributed by atoms with Crippen LogP contribution in [0.5, 0.6) is 5.75 Å². The van der Waals surface area contributed by atoms with Gasteiger partial charge in [0.1, 0.15) is 17.5 Å². The van der Waals surface area contributed by atoms with Gasteiger partial charge in [-0.15, -0.1) is 0 Å². The average molecular weight is 487 g/mol. The van der Waals surface area contributed by atoms with Gasteiger partial charge < -0.3 is 14.4 Å². The van der Waals surface area contributed by atoms with Gasteiger partial charge in [-0.3, -0.25) is 14.5 Å². The molecule has 2 aliphatic carbocycles. The molecule has 1 spiro atoms. The van der Waals surface area contributed by atoms with Crippen molar-refractivity contribution >= 4 is 18.0 Å². The van der Waals surface area contributed by atoms with Crippen LogP contribution in [-0.2, 0) is 26.2 Å². The Morgan fingerprint density at radius 2 is 2.00 bits per heavy atom. The van der Waals surface area contributed by atoms with E-state index in [2.05, 4.69) is 30.1 Å².